The van der Waals surface area contributed by atoms with Crippen molar-refractivity contribution < 1.29 is 0 Å². The number of aromatic nitrogens is 3. The number of aryl methyl sites for hydroxylation is 1. The van der Waals surface area contributed by atoms with Crippen LogP contribution >= 0.6 is 11.6 Å². The molecule has 15 heavy (non-hydrogen) atoms. The van der Waals surface area contributed by atoms with Gasteiger partial charge >= 0.3 is 0 Å². The van der Waals surface area contributed by atoms with Crippen LogP contribution in [0.2, 0.25) is 5.15 Å². The molecule has 0 bridgehead atoms. The van der Waals surface area contributed by atoms with Gasteiger partial charge in [0.2, 0.25) is 0 Å². The summed E-state index contributed by atoms with van der Waals surface area (Å²) in [5.74, 6) is 0.759. The summed E-state index contributed by atoms with van der Waals surface area (Å²) < 4.78 is 0. The van der Waals surface area contributed by atoms with Crippen molar-refractivity contribution in [3.63, 3.8) is 0 Å². The molecule has 2 rings (SSSR count). The third-order valence-corrected chi connectivity index (χ3v) is 2.23. The lowest BCUT2D eigenvalue weighted by Gasteiger charge is -2.03. The second kappa shape index (κ2) is 4.36. The molecule has 0 radical (unpaired) electrons. The normalized spacial score (nSPS) is 10.3. The van der Waals surface area contributed by atoms with Crippen LogP contribution in [-0.4, -0.2) is 15.0 Å². The van der Waals surface area contributed by atoms with Crippen LogP contribution in [0, 0.1) is 0 Å². The minimum Gasteiger partial charge on any atom is -0.265 e. The van der Waals surface area contributed by atoms with Crippen molar-refractivity contribution in [3.8, 4) is 11.3 Å². The van der Waals surface area contributed by atoms with Crippen LogP contribution in [0.3, 0.4) is 0 Å². The van der Waals surface area contributed by atoms with Crippen LogP contribution in [0.4, 0.5) is 0 Å². The first-order valence-electron chi connectivity index (χ1n) is 4.73. The van der Waals surface area contributed by atoms with Crippen LogP contribution in [0.25, 0.3) is 11.3 Å². The van der Waals surface area contributed by atoms with Crippen molar-refractivity contribution in [2.75, 3.05) is 0 Å². The number of rotatable bonds is 2. The van der Waals surface area contributed by atoms with Crippen molar-refractivity contribution in [2.24, 2.45) is 0 Å². The summed E-state index contributed by atoms with van der Waals surface area (Å²) >= 11 is 5.91. The molecule has 4 heteroatoms. The summed E-state index contributed by atoms with van der Waals surface area (Å²) in [6.07, 6.45) is 4.24. The Balaban J connectivity index is 2.49. The second-order valence-electron chi connectivity index (χ2n) is 3.08. The van der Waals surface area contributed by atoms with E-state index in [1.165, 1.54) is 0 Å². The van der Waals surface area contributed by atoms with Gasteiger partial charge < -0.3 is 0 Å². The van der Waals surface area contributed by atoms with Gasteiger partial charge in [-0.1, -0.05) is 18.5 Å². The maximum Gasteiger partial charge on any atom is 0.133 e. The van der Waals surface area contributed by atoms with Crippen molar-refractivity contribution in [2.45, 2.75) is 13.3 Å². The van der Waals surface area contributed by atoms with E-state index in [9.17, 15) is 0 Å². The molecule has 0 aliphatic carbocycles. The molecule has 0 saturated carbocycles. The Hall–Kier alpha value is -1.48. The van der Waals surface area contributed by atoms with Gasteiger partial charge in [-0.2, -0.15) is 0 Å². The first-order chi connectivity index (χ1) is 7.29. The van der Waals surface area contributed by atoms with E-state index < -0.39 is 0 Å². The molecule has 0 fully saturated rings. The molecule has 0 amide bonds. The molecule has 0 aliphatic rings. The summed E-state index contributed by atoms with van der Waals surface area (Å²) in [4.78, 5) is 12.5. The zero-order valence-corrected chi connectivity index (χ0v) is 9.07. The van der Waals surface area contributed by atoms with Gasteiger partial charge in [0.1, 0.15) is 11.0 Å². The standard InChI is InChI=1S/C11H10ClN3/c1-2-11-14-9(7-10(12)15-11)8-3-5-13-6-4-8/h3-7H,2H2,1H3. The van der Waals surface area contributed by atoms with E-state index in [2.05, 4.69) is 15.0 Å². The van der Waals surface area contributed by atoms with Gasteiger partial charge in [-0.15, -0.1) is 0 Å². The molecule has 0 unspecified atom stereocenters. The maximum atomic E-state index is 5.91. The fourth-order valence-electron chi connectivity index (χ4n) is 1.29. The number of hydrogen-bond acceptors (Lipinski definition) is 3. The lowest BCUT2D eigenvalue weighted by molar-refractivity contribution is 0.943. The predicted molar refractivity (Wildman–Crippen MR) is 59.7 cm³/mol. The third-order valence-electron chi connectivity index (χ3n) is 2.03. The zero-order valence-electron chi connectivity index (χ0n) is 8.31. The highest BCUT2D eigenvalue weighted by molar-refractivity contribution is 6.29. The van der Waals surface area contributed by atoms with Crippen LogP contribution in [0.15, 0.2) is 30.6 Å². The van der Waals surface area contributed by atoms with Crippen molar-refractivity contribution in [1.82, 2.24) is 15.0 Å². The highest BCUT2D eigenvalue weighted by Crippen LogP contribution is 2.18. The quantitative estimate of drug-likeness (QED) is 0.729. The fourth-order valence-corrected chi connectivity index (χ4v) is 1.49. The second-order valence-corrected chi connectivity index (χ2v) is 3.47. The molecule has 2 aromatic rings. The Morgan fingerprint density at radius 2 is 1.93 bits per heavy atom. The first-order valence-corrected chi connectivity index (χ1v) is 5.11. The molecule has 3 nitrogen and oxygen atoms in total. The highest BCUT2D eigenvalue weighted by atomic mass is 35.5. The van der Waals surface area contributed by atoms with Crippen LogP contribution in [0.5, 0.6) is 0 Å². The first kappa shape index (κ1) is 10.1. The summed E-state index contributed by atoms with van der Waals surface area (Å²) in [5, 5.41) is 0.480. The largest absolute Gasteiger partial charge is 0.265 e. The number of halogens is 1. The number of pyridine rings is 1. The summed E-state index contributed by atoms with van der Waals surface area (Å²) in [6, 6.07) is 5.56. The van der Waals surface area contributed by atoms with Crippen LogP contribution < -0.4 is 0 Å². The smallest absolute Gasteiger partial charge is 0.133 e. The van der Waals surface area contributed by atoms with E-state index >= 15 is 0 Å². The minimum absolute atomic E-state index is 0.480. The average Bonchev–Trinajstić information content (AvgIpc) is 2.29. The molecule has 2 aromatic heterocycles. The molecule has 0 aromatic carbocycles. The Labute approximate surface area is 93.2 Å². The fraction of sp³-hybridized carbons (Fsp3) is 0.182. The van der Waals surface area contributed by atoms with E-state index in [0.717, 1.165) is 23.5 Å². The van der Waals surface area contributed by atoms with E-state index in [-0.39, 0.29) is 0 Å². The van der Waals surface area contributed by atoms with Gasteiger partial charge in [0.05, 0.1) is 5.69 Å². The van der Waals surface area contributed by atoms with Gasteiger partial charge in [0.15, 0.2) is 0 Å². The van der Waals surface area contributed by atoms with Crippen molar-refractivity contribution in [3.05, 3.63) is 41.6 Å². The Morgan fingerprint density at radius 3 is 2.60 bits per heavy atom. The van der Waals surface area contributed by atoms with Crippen molar-refractivity contribution >= 4 is 11.6 Å². The lowest BCUT2D eigenvalue weighted by Crippen LogP contribution is -1.95. The number of nitrogens with zero attached hydrogens (tertiary/aromatic N) is 3. The van der Waals surface area contributed by atoms with Crippen molar-refractivity contribution in [1.29, 1.82) is 0 Å². The van der Waals surface area contributed by atoms with Gasteiger partial charge in [-0.3, -0.25) is 4.98 Å². The summed E-state index contributed by atoms with van der Waals surface area (Å²) in [7, 11) is 0. The zero-order chi connectivity index (χ0) is 10.7. The number of hydrogen-bond donors (Lipinski definition) is 0. The maximum absolute atomic E-state index is 5.91. The predicted octanol–water partition coefficient (Wildman–Crippen LogP) is 2.75. The Bertz CT molecular complexity index is 457. The van der Waals surface area contributed by atoms with Crippen LogP contribution in [-0.2, 0) is 6.42 Å². The van der Waals surface area contributed by atoms with E-state index in [1.807, 2.05) is 19.1 Å². The van der Waals surface area contributed by atoms with E-state index in [1.54, 1.807) is 18.5 Å². The topological polar surface area (TPSA) is 38.7 Å². The molecule has 0 saturated heterocycles. The van der Waals surface area contributed by atoms with E-state index in [0.29, 0.717) is 5.15 Å². The van der Waals surface area contributed by atoms with Gasteiger partial charge in [-0.05, 0) is 12.1 Å². The van der Waals surface area contributed by atoms with Gasteiger partial charge in [0.25, 0.3) is 0 Å². The summed E-state index contributed by atoms with van der Waals surface area (Å²) in [6.45, 7) is 2.00. The Morgan fingerprint density at radius 1 is 1.20 bits per heavy atom. The molecule has 0 atom stereocenters. The summed E-state index contributed by atoms with van der Waals surface area (Å²) in [5.41, 5.74) is 1.85. The molecule has 0 aliphatic heterocycles. The molecule has 76 valence electrons. The average molecular weight is 220 g/mol. The molecular formula is C11H10ClN3. The third kappa shape index (κ3) is 2.30. The molecule has 2 heterocycles. The van der Waals surface area contributed by atoms with E-state index in [4.69, 9.17) is 11.6 Å². The molecule has 0 spiro atoms. The molecule has 0 N–H and O–H groups in total. The van der Waals surface area contributed by atoms with Gasteiger partial charge in [-0.25, -0.2) is 9.97 Å². The van der Waals surface area contributed by atoms with Crippen LogP contribution in [0.1, 0.15) is 12.7 Å². The monoisotopic (exact) mass is 219 g/mol. The minimum atomic E-state index is 0.480. The SMILES string of the molecule is CCc1nc(Cl)cc(-c2ccncc2)n1. The Kier molecular flexibility index (Phi) is 2.92. The highest BCUT2D eigenvalue weighted by Gasteiger charge is 2.03. The molecular weight excluding hydrogens is 210 g/mol. The van der Waals surface area contributed by atoms with Gasteiger partial charge in [0, 0.05) is 30.4 Å². The lowest BCUT2D eigenvalue weighted by atomic mass is 10.2.